The lowest BCUT2D eigenvalue weighted by molar-refractivity contribution is 0.0778. The molecule has 7 heteroatoms. The largest absolute Gasteiger partial charge is 0.490 e. The van der Waals surface area contributed by atoms with Crippen LogP contribution in [0.3, 0.4) is 0 Å². The number of rotatable bonds is 5. The first-order valence-corrected chi connectivity index (χ1v) is 9.82. The molecular formula is C21H27N3O4. The molecule has 0 aromatic carbocycles. The molecule has 0 unspecified atom stereocenters. The molecule has 1 atom stereocenters. The van der Waals surface area contributed by atoms with Crippen molar-refractivity contribution in [2.45, 2.75) is 38.8 Å². The lowest BCUT2D eigenvalue weighted by Crippen LogP contribution is -2.39. The van der Waals surface area contributed by atoms with Crippen LogP contribution in [0.4, 0.5) is 0 Å². The predicted octanol–water partition coefficient (Wildman–Crippen LogP) is 3.17. The number of nitrogens with zero attached hydrogens (tertiary/aromatic N) is 3. The van der Waals surface area contributed by atoms with Crippen molar-refractivity contribution < 1.29 is 18.9 Å². The molecule has 2 aromatic heterocycles. The van der Waals surface area contributed by atoms with E-state index in [1.54, 1.807) is 7.11 Å². The van der Waals surface area contributed by atoms with Gasteiger partial charge in [0, 0.05) is 37.0 Å². The minimum Gasteiger partial charge on any atom is -0.490 e. The van der Waals surface area contributed by atoms with Crippen molar-refractivity contribution >= 4 is 0 Å². The fraction of sp³-hybridized carbons (Fsp3) is 0.524. The summed E-state index contributed by atoms with van der Waals surface area (Å²) in [6.07, 6.45) is 2.14. The molecule has 0 saturated carbocycles. The average Bonchev–Trinajstić information content (AvgIpc) is 2.73. The minimum absolute atomic E-state index is 0.197. The van der Waals surface area contributed by atoms with Crippen LogP contribution in [0.5, 0.6) is 23.3 Å². The number of aromatic nitrogens is 2. The SMILES string of the molecule is COc1cc(OC2CCN([C@H](C)c3ccc4c(n3)OCCO4)CC2)cc(C)n1. The summed E-state index contributed by atoms with van der Waals surface area (Å²) in [6, 6.07) is 8.02. The Kier molecular flexibility index (Phi) is 5.52. The lowest BCUT2D eigenvalue weighted by Gasteiger charge is -2.36. The number of pyridine rings is 2. The topological polar surface area (TPSA) is 65.9 Å². The molecule has 28 heavy (non-hydrogen) atoms. The summed E-state index contributed by atoms with van der Waals surface area (Å²) in [4.78, 5) is 11.4. The Morgan fingerprint density at radius 1 is 1.11 bits per heavy atom. The lowest BCUT2D eigenvalue weighted by atomic mass is 10.0. The van der Waals surface area contributed by atoms with E-state index in [4.69, 9.17) is 18.9 Å². The molecule has 4 heterocycles. The summed E-state index contributed by atoms with van der Waals surface area (Å²) < 4.78 is 22.6. The van der Waals surface area contributed by atoms with E-state index in [9.17, 15) is 0 Å². The van der Waals surface area contributed by atoms with Gasteiger partial charge in [0.25, 0.3) is 5.88 Å². The van der Waals surface area contributed by atoms with Crippen LogP contribution in [0.25, 0.3) is 0 Å². The number of methoxy groups -OCH3 is 1. The zero-order valence-corrected chi connectivity index (χ0v) is 16.7. The molecule has 0 bridgehead atoms. The second-order valence-electron chi connectivity index (χ2n) is 7.25. The second kappa shape index (κ2) is 8.22. The highest BCUT2D eigenvalue weighted by Crippen LogP contribution is 2.32. The molecule has 2 aliphatic rings. The molecule has 2 aliphatic heterocycles. The van der Waals surface area contributed by atoms with Crippen LogP contribution in [0, 0.1) is 6.92 Å². The first-order valence-electron chi connectivity index (χ1n) is 9.82. The highest BCUT2D eigenvalue weighted by atomic mass is 16.6. The van der Waals surface area contributed by atoms with E-state index in [1.165, 1.54) is 0 Å². The molecule has 7 nitrogen and oxygen atoms in total. The summed E-state index contributed by atoms with van der Waals surface area (Å²) in [5.74, 6) is 2.75. The normalized spacial score (nSPS) is 18.5. The van der Waals surface area contributed by atoms with Gasteiger partial charge < -0.3 is 18.9 Å². The molecular weight excluding hydrogens is 358 g/mol. The van der Waals surface area contributed by atoms with Gasteiger partial charge in [-0.15, -0.1) is 0 Å². The molecule has 0 aliphatic carbocycles. The highest BCUT2D eigenvalue weighted by molar-refractivity contribution is 5.36. The zero-order valence-electron chi connectivity index (χ0n) is 16.7. The predicted molar refractivity (Wildman–Crippen MR) is 104 cm³/mol. The molecule has 1 saturated heterocycles. The van der Waals surface area contributed by atoms with Gasteiger partial charge in [-0.05, 0) is 38.8 Å². The van der Waals surface area contributed by atoms with E-state index in [1.807, 2.05) is 31.2 Å². The fourth-order valence-electron chi connectivity index (χ4n) is 3.72. The second-order valence-corrected chi connectivity index (χ2v) is 7.25. The Labute approximate surface area is 165 Å². The van der Waals surface area contributed by atoms with Gasteiger partial charge in [-0.1, -0.05) is 0 Å². The van der Waals surface area contributed by atoms with Crippen molar-refractivity contribution in [3.8, 4) is 23.3 Å². The molecule has 2 aromatic rings. The number of hydrogen-bond donors (Lipinski definition) is 0. The van der Waals surface area contributed by atoms with Gasteiger partial charge in [-0.3, -0.25) is 4.90 Å². The summed E-state index contributed by atoms with van der Waals surface area (Å²) >= 11 is 0. The van der Waals surface area contributed by atoms with Crippen molar-refractivity contribution in [1.82, 2.24) is 14.9 Å². The van der Waals surface area contributed by atoms with Gasteiger partial charge in [0.15, 0.2) is 5.75 Å². The standard InChI is InChI=1S/C21H27N3O4/c1-14-12-17(13-20(22-14)25-3)28-16-6-8-24(9-7-16)15(2)18-4-5-19-21(23-18)27-11-10-26-19/h4-5,12-13,15-16H,6-11H2,1-3H3/t15-/m1/s1. The maximum absolute atomic E-state index is 6.19. The van der Waals surface area contributed by atoms with Crippen LogP contribution in [0.1, 0.15) is 37.2 Å². The van der Waals surface area contributed by atoms with Crippen LogP contribution in [-0.2, 0) is 0 Å². The molecule has 150 valence electrons. The number of hydrogen-bond acceptors (Lipinski definition) is 7. The van der Waals surface area contributed by atoms with Crippen molar-refractivity contribution in [2.75, 3.05) is 33.4 Å². The van der Waals surface area contributed by atoms with Crippen LogP contribution < -0.4 is 18.9 Å². The van der Waals surface area contributed by atoms with Gasteiger partial charge in [-0.25, -0.2) is 9.97 Å². The smallest absolute Gasteiger partial charge is 0.257 e. The Morgan fingerprint density at radius 2 is 1.89 bits per heavy atom. The van der Waals surface area contributed by atoms with E-state index >= 15 is 0 Å². The zero-order chi connectivity index (χ0) is 19.5. The first-order chi connectivity index (χ1) is 13.6. The third kappa shape index (κ3) is 4.14. The van der Waals surface area contributed by atoms with Gasteiger partial charge in [-0.2, -0.15) is 0 Å². The molecule has 0 N–H and O–H groups in total. The summed E-state index contributed by atoms with van der Waals surface area (Å²) in [7, 11) is 1.62. The third-order valence-corrected chi connectivity index (χ3v) is 5.29. The van der Waals surface area contributed by atoms with Crippen molar-refractivity contribution in [3.05, 3.63) is 35.7 Å². The number of fused-ring (bicyclic) bond motifs is 1. The van der Waals surface area contributed by atoms with Gasteiger partial charge >= 0.3 is 0 Å². The Bertz CT molecular complexity index is 821. The minimum atomic E-state index is 0.197. The molecule has 4 rings (SSSR count). The van der Waals surface area contributed by atoms with Crippen molar-refractivity contribution in [1.29, 1.82) is 0 Å². The molecule has 0 amide bonds. The monoisotopic (exact) mass is 385 g/mol. The maximum atomic E-state index is 6.19. The highest BCUT2D eigenvalue weighted by Gasteiger charge is 2.26. The third-order valence-electron chi connectivity index (χ3n) is 5.29. The van der Waals surface area contributed by atoms with E-state index < -0.39 is 0 Å². The first kappa shape index (κ1) is 18.8. The van der Waals surface area contributed by atoms with Gasteiger partial charge in [0.2, 0.25) is 5.88 Å². The van der Waals surface area contributed by atoms with E-state index in [0.29, 0.717) is 25.0 Å². The quantitative estimate of drug-likeness (QED) is 0.783. The fourth-order valence-corrected chi connectivity index (χ4v) is 3.72. The van der Waals surface area contributed by atoms with Crippen LogP contribution in [-0.4, -0.2) is 54.4 Å². The Hall–Kier alpha value is -2.54. The average molecular weight is 385 g/mol. The number of likely N-dealkylation sites (tertiary alicyclic amines) is 1. The summed E-state index contributed by atoms with van der Waals surface area (Å²) in [6.45, 7) is 7.20. The molecule has 0 spiro atoms. The Morgan fingerprint density at radius 3 is 2.68 bits per heavy atom. The molecule has 1 fully saturated rings. The number of ether oxygens (including phenoxy) is 4. The van der Waals surface area contributed by atoms with E-state index in [-0.39, 0.29) is 12.1 Å². The van der Waals surface area contributed by atoms with Crippen molar-refractivity contribution in [2.24, 2.45) is 0 Å². The maximum Gasteiger partial charge on any atom is 0.257 e. The van der Waals surface area contributed by atoms with Crippen LogP contribution in [0.15, 0.2) is 24.3 Å². The van der Waals surface area contributed by atoms with Crippen LogP contribution in [0.2, 0.25) is 0 Å². The number of piperidine rings is 1. The van der Waals surface area contributed by atoms with Gasteiger partial charge in [0.05, 0.1) is 12.8 Å². The van der Waals surface area contributed by atoms with E-state index in [0.717, 1.165) is 48.8 Å². The summed E-state index contributed by atoms with van der Waals surface area (Å²) in [5.41, 5.74) is 1.91. The van der Waals surface area contributed by atoms with Crippen molar-refractivity contribution in [3.63, 3.8) is 0 Å². The molecule has 0 radical (unpaired) electrons. The van der Waals surface area contributed by atoms with Crippen LogP contribution >= 0.6 is 0 Å². The summed E-state index contributed by atoms with van der Waals surface area (Å²) in [5, 5.41) is 0. The number of aryl methyl sites for hydroxylation is 1. The van der Waals surface area contributed by atoms with E-state index in [2.05, 4.69) is 21.8 Å². The van der Waals surface area contributed by atoms with Gasteiger partial charge in [0.1, 0.15) is 25.1 Å². The Balaban J connectivity index is 1.35.